The van der Waals surface area contributed by atoms with Crippen LogP contribution in [0, 0.1) is 11.7 Å². The molecule has 2 N–H and O–H groups in total. The SMILES string of the molecule is CC(C)Cn1cc([C@H](CC(C)S(N)=O)C(F)(F)F)c2ccc(-c3ccc(F)cc3C(F)(F)F)cc21. The third-order valence-electron chi connectivity index (χ3n) is 5.81. The van der Waals surface area contributed by atoms with Crippen LogP contribution in [0.2, 0.25) is 0 Å². The van der Waals surface area contributed by atoms with Gasteiger partial charge in [-0.3, -0.25) is 5.14 Å². The van der Waals surface area contributed by atoms with E-state index in [-0.39, 0.29) is 28.0 Å². The lowest BCUT2D eigenvalue weighted by Gasteiger charge is -2.22. The van der Waals surface area contributed by atoms with Crippen LogP contribution in [0.3, 0.4) is 0 Å². The zero-order valence-corrected chi connectivity index (χ0v) is 20.0. The topological polar surface area (TPSA) is 48.0 Å². The molecule has 0 fully saturated rings. The first-order valence-electron chi connectivity index (χ1n) is 10.8. The fourth-order valence-corrected chi connectivity index (χ4v) is 4.56. The molecule has 0 saturated carbocycles. The first-order valence-corrected chi connectivity index (χ1v) is 12.1. The summed E-state index contributed by atoms with van der Waals surface area (Å²) in [5.74, 6) is -2.99. The van der Waals surface area contributed by atoms with E-state index in [9.17, 15) is 34.9 Å². The van der Waals surface area contributed by atoms with Crippen LogP contribution in [0.25, 0.3) is 22.0 Å². The summed E-state index contributed by atoms with van der Waals surface area (Å²) < 4.78 is 110. The lowest BCUT2D eigenvalue weighted by Crippen LogP contribution is -2.28. The Balaban J connectivity index is 2.25. The number of fused-ring (bicyclic) bond motifs is 1. The molecule has 3 aromatic rings. The second-order valence-electron chi connectivity index (χ2n) is 9.02. The van der Waals surface area contributed by atoms with Gasteiger partial charge in [0, 0.05) is 28.9 Å². The van der Waals surface area contributed by atoms with Crippen LogP contribution in [0.4, 0.5) is 30.7 Å². The van der Waals surface area contributed by atoms with E-state index in [0.717, 1.165) is 12.1 Å². The van der Waals surface area contributed by atoms with Crippen molar-refractivity contribution in [1.82, 2.24) is 4.57 Å². The van der Waals surface area contributed by atoms with E-state index in [4.69, 9.17) is 5.14 Å². The van der Waals surface area contributed by atoms with E-state index in [1.807, 2.05) is 13.8 Å². The van der Waals surface area contributed by atoms with Gasteiger partial charge in [0.1, 0.15) is 5.82 Å². The van der Waals surface area contributed by atoms with Gasteiger partial charge in [0.2, 0.25) is 0 Å². The van der Waals surface area contributed by atoms with Crippen LogP contribution in [-0.4, -0.2) is 20.2 Å². The van der Waals surface area contributed by atoms with Crippen molar-refractivity contribution >= 4 is 21.9 Å². The molecule has 0 aliphatic heterocycles. The van der Waals surface area contributed by atoms with Crippen molar-refractivity contribution < 1.29 is 34.9 Å². The first-order chi connectivity index (χ1) is 16.1. The van der Waals surface area contributed by atoms with Gasteiger partial charge in [-0.1, -0.05) is 32.0 Å². The largest absolute Gasteiger partial charge is 0.417 e. The lowest BCUT2D eigenvalue weighted by molar-refractivity contribution is -0.151. The van der Waals surface area contributed by atoms with E-state index in [2.05, 4.69) is 0 Å². The van der Waals surface area contributed by atoms with Gasteiger partial charge in [-0.15, -0.1) is 0 Å². The van der Waals surface area contributed by atoms with Gasteiger partial charge in [-0.05, 0) is 54.2 Å². The van der Waals surface area contributed by atoms with E-state index in [0.29, 0.717) is 18.1 Å². The Bertz CT molecular complexity index is 1230. The molecule has 0 bridgehead atoms. The van der Waals surface area contributed by atoms with Crippen molar-refractivity contribution in [2.75, 3.05) is 0 Å². The van der Waals surface area contributed by atoms with Crippen molar-refractivity contribution in [3.8, 4) is 11.1 Å². The minimum Gasteiger partial charge on any atom is -0.347 e. The third-order valence-corrected chi connectivity index (χ3v) is 6.79. The van der Waals surface area contributed by atoms with Crippen molar-refractivity contribution in [2.45, 2.75) is 57.3 Å². The molecule has 3 nitrogen and oxygen atoms in total. The van der Waals surface area contributed by atoms with Crippen molar-refractivity contribution in [3.05, 3.63) is 59.5 Å². The summed E-state index contributed by atoms with van der Waals surface area (Å²) in [5.41, 5.74) is -1.10. The summed E-state index contributed by atoms with van der Waals surface area (Å²) in [6, 6.07) is 6.34. The number of benzene rings is 2. The molecule has 3 rings (SSSR count). The highest BCUT2D eigenvalue weighted by Gasteiger charge is 2.43. The Morgan fingerprint density at radius 3 is 2.20 bits per heavy atom. The molecule has 0 spiro atoms. The van der Waals surface area contributed by atoms with Crippen LogP contribution < -0.4 is 5.14 Å². The minimum atomic E-state index is -4.83. The Kier molecular flexibility index (Phi) is 7.71. The molecule has 192 valence electrons. The van der Waals surface area contributed by atoms with Crippen LogP contribution in [0.1, 0.15) is 44.2 Å². The number of alkyl halides is 6. The molecule has 3 atom stereocenters. The average Bonchev–Trinajstić information content (AvgIpc) is 3.06. The zero-order chi connectivity index (χ0) is 26.3. The summed E-state index contributed by atoms with van der Waals surface area (Å²) in [5, 5.41) is 4.61. The van der Waals surface area contributed by atoms with Crippen molar-refractivity contribution in [3.63, 3.8) is 0 Å². The molecule has 0 aliphatic rings. The fourth-order valence-electron chi connectivity index (χ4n) is 4.18. The Hall–Kier alpha value is -2.40. The highest BCUT2D eigenvalue weighted by molar-refractivity contribution is 7.83. The molecule has 0 amide bonds. The van der Waals surface area contributed by atoms with Gasteiger partial charge in [-0.25, -0.2) is 8.60 Å². The standard InChI is InChI=1S/C24H25F7N2OS/c1-13(2)11-33-12-19(20(23(26,27)28)8-14(3)35(32)34)18-6-4-15(9-22(18)33)17-7-5-16(25)10-21(17)24(29,30)31/h4-7,9-10,12-14,20H,8,11,32H2,1-3H3/t14?,20-,35?/m0/s1. The molecular formula is C24H25F7N2OS. The molecule has 1 heterocycles. The second kappa shape index (κ2) is 9.93. The lowest BCUT2D eigenvalue weighted by atomic mass is 9.92. The maximum atomic E-state index is 14.1. The Labute approximate surface area is 200 Å². The summed E-state index contributed by atoms with van der Waals surface area (Å²) in [6.45, 7) is 5.40. The quantitative estimate of drug-likeness (QED) is 0.329. The van der Waals surface area contributed by atoms with E-state index >= 15 is 0 Å². The summed E-state index contributed by atoms with van der Waals surface area (Å²) in [6.07, 6.45) is -8.64. The Morgan fingerprint density at radius 2 is 1.66 bits per heavy atom. The molecule has 2 aromatic carbocycles. The van der Waals surface area contributed by atoms with Gasteiger partial charge in [0.25, 0.3) is 0 Å². The molecule has 2 unspecified atom stereocenters. The first kappa shape index (κ1) is 27.2. The van der Waals surface area contributed by atoms with Crippen LogP contribution in [0.15, 0.2) is 42.6 Å². The van der Waals surface area contributed by atoms with Crippen LogP contribution in [0.5, 0.6) is 0 Å². The minimum absolute atomic E-state index is 0.0264. The van der Waals surface area contributed by atoms with Crippen molar-refractivity contribution in [2.24, 2.45) is 11.1 Å². The highest BCUT2D eigenvalue weighted by Crippen LogP contribution is 2.44. The highest BCUT2D eigenvalue weighted by atomic mass is 32.2. The van der Waals surface area contributed by atoms with E-state index in [1.54, 1.807) is 4.57 Å². The van der Waals surface area contributed by atoms with E-state index < -0.39 is 52.3 Å². The maximum absolute atomic E-state index is 14.1. The third kappa shape index (κ3) is 6.06. The van der Waals surface area contributed by atoms with Gasteiger partial charge in [-0.2, -0.15) is 26.3 Å². The average molecular weight is 523 g/mol. The van der Waals surface area contributed by atoms with Crippen LogP contribution >= 0.6 is 0 Å². The molecule has 0 aliphatic carbocycles. The molecule has 35 heavy (non-hydrogen) atoms. The predicted octanol–water partition coefficient (Wildman–Crippen LogP) is 7.17. The molecule has 11 heteroatoms. The van der Waals surface area contributed by atoms with E-state index in [1.165, 1.54) is 31.3 Å². The van der Waals surface area contributed by atoms with Crippen molar-refractivity contribution in [1.29, 1.82) is 0 Å². The number of aromatic nitrogens is 1. The molecule has 0 saturated heterocycles. The number of halogens is 7. The number of hydrogen-bond acceptors (Lipinski definition) is 1. The Morgan fingerprint density at radius 1 is 1.00 bits per heavy atom. The predicted molar refractivity (Wildman–Crippen MR) is 122 cm³/mol. The zero-order valence-electron chi connectivity index (χ0n) is 19.2. The molecule has 1 aromatic heterocycles. The number of nitrogens with zero attached hydrogens (tertiary/aromatic N) is 1. The summed E-state index contributed by atoms with van der Waals surface area (Å²) in [7, 11) is -1.96. The van der Waals surface area contributed by atoms with Gasteiger partial charge in [0.15, 0.2) is 0 Å². The maximum Gasteiger partial charge on any atom is 0.417 e. The normalized spacial score (nSPS) is 15.5. The van der Waals surface area contributed by atoms with Gasteiger partial charge < -0.3 is 4.57 Å². The fraction of sp³-hybridized carbons (Fsp3) is 0.417. The molecule has 0 radical (unpaired) electrons. The monoisotopic (exact) mass is 522 g/mol. The van der Waals surface area contributed by atoms with Crippen LogP contribution in [-0.2, 0) is 23.7 Å². The van der Waals surface area contributed by atoms with Gasteiger partial charge >= 0.3 is 12.4 Å². The smallest absolute Gasteiger partial charge is 0.347 e. The number of hydrogen-bond donors (Lipinski definition) is 1. The second-order valence-corrected chi connectivity index (χ2v) is 10.5. The number of nitrogens with two attached hydrogens (primary N) is 1. The number of rotatable bonds is 7. The molecular weight excluding hydrogens is 497 g/mol. The summed E-state index contributed by atoms with van der Waals surface area (Å²) >= 11 is 0. The van der Waals surface area contributed by atoms with Gasteiger partial charge in [0.05, 0.1) is 22.5 Å². The summed E-state index contributed by atoms with van der Waals surface area (Å²) in [4.78, 5) is 0.